The molecule has 0 saturated carbocycles. The Morgan fingerprint density at radius 1 is 0.885 bits per heavy atom. The highest BCUT2D eigenvalue weighted by Gasteiger charge is 2.60. The number of nitrogens with zero attached hydrogens (tertiary/aromatic N) is 1. The molecular formula is C19H27NO6. The normalized spacial score (nSPS) is 37.2. The van der Waals surface area contributed by atoms with Crippen molar-refractivity contribution in [1.29, 1.82) is 0 Å². The topological polar surface area (TPSA) is 58.6 Å². The molecule has 26 heavy (non-hydrogen) atoms. The molecule has 4 unspecified atom stereocenters. The zero-order chi connectivity index (χ0) is 18.5. The molecule has 7 nitrogen and oxygen atoms in total. The molecule has 0 aromatic heterocycles. The van der Waals surface area contributed by atoms with Gasteiger partial charge in [-0.25, -0.2) is 0 Å². The predicted molar refractivity (Wildman–Crippen MR) is 93.3 cm³/mol. The van der Waals surface area contributed by atoms with Gasteiger partial charge in [-0.15, -0.1) is 0 Å². The van der Waals surface area contributed by atoms with Gasteiger partial charge in [0.15, 0.2) is 17.9 Å². The van der Waals surface area contributed by atoms with Gasteiger partial charge < -0.3 is 23.7 Å². The van der Waals surface area contributed by atoms with E-state index in [4.69, 9.17) is 28.5 Å². The Morgan fingerprint density at radius 3 is 2.23 bits per heavy atom. The lowest BCUT2D eigenvalue weighted by Gasteiger charge is -2.37. The number of fused-ring (bicyclic) bond motifs is 3. The molecule has 3 aliphatic rings. The summed E-state index contributed by atoms with van der Waals surface area (Å²) in [5.41, 5.74) is 0.961. The van der Waals surface area contributed by atoms with Crippen molar-refractivity contribution in [2.75, 3.05) is 18.7 Å². The summed E-state index contributed by atoms with van der Waals surface area (Å²) in [6.45, 7) is 7.86. The lowest BCUT2D eigenvalue weighted by Crippen LogP contribution is -2.56. The average molecular weight is 365 g/mol. The lowest BCUT2D eigenvalue weighted by molar-refractivity contribution is -0.243. The van der Waals surface area contributed by atoms with Crippen LogP contribution in [0.15, 0.2) is 30.3 Å². The van der Waals surface area contributed by atoms with Crippen molar-refractivity contribution in [2.24, 2.45) is 0 Å². The number of hydroxylamine groups is 1. The van der Waals surface area contributed by atoms with Crippen molar-refractivity contribution >= 4 is 5.69 Å². The summed E-state index contributed by atoms with van der Waals surface area (Å²) >= 11 is 0. The summed E-state index contributed by atoms with van der Waals surface area (Å²) in [7, 11) is 1.87. The molecule has 3 heterocycles. The van der Waals surface area contributed by atoms with E-state index in [1.807, 2.05) is 65.1 Å². The number of hydrogen-bond acceptors (Lipinski definition) is 7. The minimum Gasteiger partial charge on any atom is -0.342 e. The van der Waals surface area contributed by atoms with E-state index in [1.165, 1.54) is 0 Å². The second-order valence-electron chi connectivity index (χ2n) is 7.84. The van der Waals surface area contributed by atoms with Gasteiger partial charge in [0.05, 0.1) is 5.69 Å². The van der Waals surface area contributed by atoms with E-state index in [2.05, 4.69) is 0 Å². The van der Waals surface area contributed by atoms with E-state index in [9.17, 15) is 0 Å². The number of rotatable bonds is 4. The molecule has 0 radical (unpaired) electrons. The molecule has 3 saturated heterocycles. The molecule has 0 aliphatic carbocycles. The Morgan fingerprint density at radius 2 is 1.50 bits per heavy atom. The summed E-state index contributed by atoms with van der Waals surface area (Å²) < 4.78 is 30.2. The first kappa shape index (κ1) is 18.2. The van der Waals surface area contributed by atoms with Crippen LogP contribution in [0.1, 0.15) is 27.7 Å². The third kappa shape index (κ3) is 3.47. The van der Waals surface area contributed by atoms with Crippen LogP contribution in [-0.2, 0) is 28.5 Å². The van der Waals surface area contributed by atoms with Crippen molar-refractivity contribution < 1.29 is 28.5 Å². The number of anilines is 1. The predicted octanol–water partition coefficient (Wildman–Crippen LogP) is 2.45. The highest BCUT2D eigenvalue weighted by Crippen LogP contribution is 2.44. The van der Waals surface area contributed by atoms with E-state index in [1.54, 1.807) is 5.06 Å². The number of benzene rings is 1. The molecule has 0 spiro atoms. The molecule has 0 N–H and O–H groups in total. The first-order chi connectivity index (χ1) is 12.2. The van der Waals surface area contributed by atoms with E-state index < -0.39 is 17.9 Å². The van der Waals surface area contributed by atoms with Crippen LogP contribution in [0.5, 0.6) is 0 Å². The third-order valence-electron chi connectivity index (χ3n) is 4.80. The smallest absolute Gasteiger partial charge is 0.190 e. The van der Waals surface area contributed by atoms with E-state index in [0.717, 1.165) is 5.69 Å². The Balaban J connectivity index is 1.47. The fraction of sp³-hybridized carbons (Fsp3) is 0.684. The summed E-state index contributed by atoms with van der Waals surface area (Å²) in [4.78, 5) is 5.92. The number of hydrogen-bond donors (Lipinski definition) is 0. The fourth-order valence-corrected chi connectivity index (χ4v) is 3.73. The molecule has 1 aromatic carbocycles. The summed E-state index contributed by atoms with van der Waals surface area (Å²) in [6, 6.07) is 9.87. The Hall–Kier alpha value is -1.22. The van der Waals surface area contributed by atoms with Gasteiger partial charge in [0.1, 0.15) is 31.0 Å². The highest BCUT2D eigenvalue weighted by molar-refractivity contribution is 5.42. The quantitative estimate of drug-likeness (QED) is 0.760. The first-order valence-electron chi connectivity index (χ1n) is 9.03. The van der Waals surface area contributed by atoms with Gasteiger partial charge in [-0.1, -0.05) is 18.2 Å². The lowest BCUT2D eigenvalue weighted by atomic mass is 9.99. The molecule has 3 fully saturated rings. The monoisotopic (exact) mass is 365 g/mol. The van der Waals surface area contributed by atoms with Gasteiger partial charge in [0.2, 0.25) is 0 Å². The Bertz CT molecular complexity index is 636. The van der Waals surface area contributed by atoms with Crippen LogP contribution in [0.4, 0.5) is 5.69 Å². The fourth-order valence-electron chi connectivity index (χ4n) is 3.73. The van der Waals surface area contributed by atoms with Crippen molar-refractivity contribution in [2.45, 2.75) is 70.0 Å². The molecule has 0 bridgehead atoms. The van der Waals surface area contributed by atoms with Crippen LogP contribution in [0, 0.1) is 0 Å². The van der Waals surface area contributed by atoms with Gasteiger partial charge in [-0.05, 0) is 39.8 Å². The standard InChI is InChI=1S/C19H27NO6/c1-18(2)23-14-13(11-21-20(5)12-9-7-6-8-10-12)22-17-16(15(14)24-18)25-19(3,4)26-17/h6-10,13-17H,11H2,1-5H3/t13?,14?,15?,16?,17-/m0/s1. The van der Waals surface area contributed by atoms with Crippen molar-refractivity contribution in [1.82, 2.24) is 0 Å². The van der Waals surface area contributed by atoms with Crippen LogP contribution in [-0.4, -0.2) is 55.9 Å². The molecule has 4 rings (SSSR count). The van der Waals surface area contributed by atoms with Crippen molar-refractivity contribution in [3.63, 3.8) is 0 Å². The number of ether oxygens (including phenoxy) is 5. The van der Waals surface area contributed by atoms with E-state index >= 15 is 0 Å². The molecule has 0 amide bonds. The SMILES string of the molecule is CN(OCC1O[C@H]2OC(C)(C)OC2C2OC(C)(C)OC12)c1ccccc1. The van der Waals surface area contributed by atoms with Gasteiger partial charge in [0.25, 0.3) is 0 Å². The molecular weight excluding hydrogens is 338 g/mol. The van der Waals surface area contributed by atoms with E-state index in [-0.39, 0.29) is 24.4 Å². The first-order valence-corrected chi connectivity index (χ1v) is 9.03. The minimum absolute atomic E-state index is 0.263. The maximum absolute atomic E-state index is 6.14. The summed E-state index contributed by atoms with van der Waals surface area (Å²) in [5.74, 6) is -1.42. The van der Waals surface area contributed by atoms with Crippen LogP contribution in [0.2, 0.25) is 0 Å². The highest BCUT2D eigenvalue weighted by atomic mass is 16.9. The molecule has 7 heteroatoms. The minimum atomic E-state index is -0.716. The Labute approximate surface area is 154 Å². The van der Waals surface area contributed by atoms with Gasteiger partial charge >= 0.3 is 0 Å². The van der Waals surface area contributed by atoms with Crippen LogP contribution >= 0.6 is 0 Å². The van der Waals surface area contributed by atoms with E-state index in [0.29, 0.717) is 6.61 Å². The maximum Gasteiger partial charge on any atom is 0.190 e. The van der Waals surface area contributed by atoms with Crippen LogP contribution in [0.3, 0.4) is 0 Å². The summed E-state index contributed by atoms with van der Waals surface area (Å²) in [6.07, 6.45) is -1.69. The number of para-hydroxylation sites is 1. The largest absolute Gasteiger partial charge is 0.342 e. The Kier molecular flexibility index (Phi) is 4.50. The van der Waals surface area contributed by atoms with Crippen LogP contribution < -0.4 is 5.06 Å². The van der Waals surface area contributed by atoms with Gasteiger partial charge in [0, 0.05) is 7.05 Å². The zero-order valence-electron chi connectivity index (χ0n) is 15.9. The van der Waals surface area contributed by atoms with Crippen molar-refractivity contribution in [3.8, 4) is 0 Å². The van der Waals surface area contributed by atoms with Gasteiger partial charge in [-0.2, -0.15) is 0 Å². The molecule has 5 atom stereocenters. The average Bonchev–Trinajstić information content (AvgIpc) is 3.07. The second-order valence-corrected chi connectivity index (χ2v) is 7.84. The third-order valence-corrected chi connectivity index (χ3v) is 4.80. The molecule has 144 valence electrons. The molecule has 3 aliphatic heterocycles. The molecule has 1 aromatic rings. The van der Waals surface area contributed by atoms with Gasteiger partial charge in [-0.3, -0.25) is 9.90 Å². The summed E-state index contributed by atoms with van der Waals surface area (Å²) in [5, 5.41) is 1.72. The van der Waals surface area contributed by atoms with Crippen molar-refractivity contribution in [3.05, 3.63) is 30.3 Å². The second kappa shape index (κ2) is 6.44. The maximum atomic E-state index is 6.14. The zero-order valence-corrected chi connectivity index (χ0v) is 15.9. The van der Waals surface area contributed by atoms with Crippen LogP contribution in [0.25, 0.3) is 0 Å².